The van der Waals surface area contributed by atoms with Crippen LogP contribution in [-0.4, -0.2) is 42.6 Å². The minimum atomic E-state index is -3.71. The van der Waals surface area contributed by atoms with Gasteiger partial charge in [-0.25, -0.2) is 13.4 Å². The number of piperidine rings is 1. The third-order valence-electron chi connectivity index (χ3n) is 4.92. The lowest BCUT2D eigenvalue weighted by atomic mass is 10.2. The molecule has 4 heterocycles. The molecule has 9 nitrogen and oxygen atoms in total. The normalized spacial score (nSPS) is 14.9. The van der Waals surface area contributed by atoms with Crippen molar-refractivity contribution >= 4 is 49.6 Å². The van der Waals surface area contributed by atoms with E-state index in [0.717, 1.165) is 30.6 Å². The Morgan fingerprint density at radius 1 is 1.16 bits per heavy atom. The highest BCUT2D eigenvalue weighted by Crippen LogP contribution is 2.30. The van der Waals surface area contributed by atoms with Gasteiger partial charge in [0.25, 0.3) is 5.91 Å². The van der Waals surface area contributed by atoms with Gasteiger partial charge in [-0.15, -0.1) is 22.7 Å². The molecular formula is C20H22N4O5S3. The minimum Gasteiger partial charge on any atom is -0.458 e. The summed E-state index contributed by atoms with van der Waals surface area (Å²) < 4.78 is 33.2. The van der Waals surface area contributed by atoms with E-state index in [4.69, 9.17) is 4.42 Å². The lowest BCUT2D eigenvalue weighted by Gasteiger charge is -2.25. The molecule has 2 amide bonds. The average Bonchev–Trinajstić information content (AvgIpc) is 3.53. The molecule has 0 unspecified atom stereocenters. The number of carbonyl (C=O) groups excluding carboxylic acids is 2. The number of sulfonamides is 1. The largest absolute Gasteiger partial charge is 0.458 e. The molecule has 0 spiro atoms. The fourth-order valence-electron chi connectivity index (χ4n) is 3.33. The predicted molar refractivity (Wildman–Crippen MR) is 122 cm³/mol. The molecule has 0 atom stereocenters. The SMILES string of the molecule is CC(=O)NCc1ccc(-c2csc(NC(=O)c3sccc3S(=O)(=O)N3CCCCC3)n2)o1. The number of nitrogens with one attached hydrogen (secondary N) is 2. The monoisotopic (exact) mass is 494 g/mol. The molecule has 12 heteroatoms. The van der Waals surface area contributed by atoms with Crippen molar-refractivity contribution in [2.75, 3.05) is 18.4 Å². The Hall–Kier alpha value is -2.54. The van der Waals surface area contributed by atoms with Gasteiger partial charge in [0.1, 0.15) is 21.2 Å². The Balaban J connectivity index is 1.47. The summed E-state index contributed by atoms with van der Waals surface area (Å²) in [6, 6.07) is 4.96. The van der Waals surface area contributed by atoms with Gasteiger partial charge in [0.2, 0.25) is 15.9 Å². The number of hydrogen-bond donors (Lipinski definition) is 2. The minimum absolute atomic E-state index is 0.0346. The average molecular weight is 495 g/mol. The zero-order valence-electron chi connectivity index (χ0n) is 17.3. The maximum atomic E-state index is 13.0. The van der Waals surface area contributed by atoms with Crippen molar-refractivity contribution in [2.45, 2.75) is 37.6 Å². The van der Waals surface area contributed by atoms with E-state index in [9.17, 15) is 18.0 Å². The second kappa shape index (κ2) is 9.53. The summed E-state index contributed by atoms with van der Waals surface area (Å²) in [7, 11) is -3.71. The number of amides is 2. The molecule has 1 aliphatic heterocycles. The lowest BCUT2D eigenvalue weighted by Crippen LogP contribution is -2.36. The highest BCUT2D eigenvalue weighted by atomic mass is 32.2. The van der Waals surface area contributed by atoms with Gasteiger partial charge in [0.05, 0.1) is 6.54 Å². The van der Waals surface area contributed by atoms with Crippen LogP contribution in [0.1, 0.15) is 41.6 Å². The summed E-state index contributed by atoms with van der Waals surface area (Å²) in [5.74, 6) is 0.422. The van der Waals surface area contributed by atoms with Crippen molar-refractivity contribution < 1.29 is 22.4 Å². The number of carbonyl (C=O) groups is 2. The molecule has 3 aromatic heterocycles. The van der Waals surface area contributed by atoms with Gasteiger partial charge in [0.15, 0.2) is 10.9 Å². The Morgan fingerprint density at radius 2 is 1.94 bits per heavy atom. The molecule has 0 radical (unpaired) electrons. The van der Waals surface area contributed by atoms with Crippen molar-refractivity contribution in [3.05, 3.63) is 39.6 Å². The first-order chi connectivity index (χ1) is 15.3. The summed E-state index contributed by atoms with van der Waals surface area (Å²) in [4.78, 5) is 28.4. The highest BCUT2D eigenvalue weighted by molar-refractivity contribution is 7.89. The molecule has 0 bridgehead atoms. The number of thiazole rings is 1. The molecule has 1 saturated heterocycles. The smallest absolute Gasteiger partial charge is 0.268 e. The van der Waals surface area contributed by atoms with E-state index in [1.54, 1.807) is 22.9 Å². The van der Waals surface area contributed by atoms with Crippen LogP contribution < -0.4 is 10.6 Å². The standard InChI is InChI=1S/C20H22N4O5S3/c1-13(25)21-11-14-5-6-16(29-14)15-12-31-20(22-15)23-19(26)18-17(7-10-30-18)32(27,28)24-8-3-2-4-9-24/h5-7,10,12H,2-4,8-9,11H2,1H3,(H,21,25)(H,22,23,26). The van der Waals surface area contributed by atoms with E-state index in [2.05, 4.69) is 15.6 Å². The molecule has 1 aliphatic rings. The van der Waals surface area contributed by atoms with Crippen LogP contribution in [0, 0.1) is 0 Å². The summed E-state index contributed by atoms with van der Waals surface area (Å²) >= 11 is 2.30. The summed E-state index contributed by atoms with van der Waals surface area (Å²) in [5, 5.41) is 9.02. The molecule has 0 saturated carbocycles. The van der Waals surface area contributed by atoms with Crippen molar-refractivity contribution in [3.8, 4) is 11.5 Å². The van der Waals surface area contributed by atoms with Crippen LogP contribution in [0.2, 0.25) is 0 Å². The van der Waals surface area contributed by atoms with Crippen LogP contribution in [0.5, 0.6) is 0 Å². The summed E-state index contributed by atoms with van der Waals surface area (Å²) in [6.45, 7) is 2.65. The Bertz CT molecular complexity index is 1220. The number of hydrogen-bond acceptors (Lipinski definition) is 8. The molecule has 1 fully saturated rings. The lowest BCUT2D eigenvalue weighted by molar-refractivity contribution is -0.119. The van der Waals surface area contributed by atoms with Crippen LogP contribution in [-0.2, 0) is 21.4 Å². The van der Waals surface area contributed by atoms with Crippen molar-refractivity contribution in [2.24, 2.45) is 0 Å². The zero-order chi connectivity index (χ0) is 22.7. The first kappa shape index (κ1) is 22.6. The van der Waals surface area contributed by atoms with E-state index in [1.165, 1.54) is 28.6 Å². The first-order valence-electron chi connectivity index (χ1n) is 10.0. The maximum Gasteiger partial charge on any atom is 0.268 e. The number of nitrogens with zero attached hydrogens (tertiary/aromatic N) is 2. The van der Waals surface area contributed by atoms with Gasteiger partial charge in [0, 0.05) is 25.4 Å². The van der Waals surface area contributed by atoms with Crippen LogP contribution in [0.15, 0.2) is 38.3 Å². The van der Waals surface area contributed by atoms with Crippen molar-refractivity contribution in [1.82, 2.24) is 14.6 Å². The summed E-state index contributed by atoms with van der Waals surface area (Å²) in [6.07, 6.45) is 2.66. The van der Waals surface area contributed by atoms with Gasteiger partial charge in [-0.05, 0) is 36.4 Å². The quantitative estimate of drug-likeness (QED) is 0.518. The van der Waals surface area contributed by atoms with Crippen LogP contribution >= 0.6 is 22.7 Å². The Kier molecular flexibility index (Phi) is 6.74. The number of furan rings is 1. The number of rotatable bonds is 7. The topological polar surface area (TPSA) is 122 Å². The number of thiophene rings is 1. The molecular weight excluding hydrogens is 472 g/mol. The zero-order valence-corrected chi connectivity index (χ0v) is 19.7. The van der Waals surface area contributed by atoms with Gasteiger partial charge in [-0.2, -0.15) is 4.31 Å². The van der Waals surface area contributed by atoms with Gasteiger partial charge >= 0.3 is 0 Å². The summed E-state index contributed by atoms with van der Waals surface area (Å²) in [5.41, 5.74) is 0.534. The number of aromatic nitrogens is 1. The Labute approximate surface area is 193 Å². The third-order valence-corrected chi connectivity index (χ3v) is 8.66. The van der Waals surface area contributed by atoms with Gasteiger partial charge < -0.3 is 9.73 Å². The first-order valence-corrected chi connectivity index (χ1v) is 13.2. The van der Waals surface area contributed by atoms with Crippen LogP contribution in [0.25, 0.3) is 11.5 Å². The fourth-order valence-corrected chi connectivity index (χ4v) is 6.84. The number of anilines is 1. The second-order valence-corrected chi connectivity index (χ2v) is 10.9. The van der Waals surface area contributed by atoms with Gasteiger partial charge in [-0.1, -0.05) is 6.42 Å². The van der Waals surface area contributed by atoms with Crippen LogP contribution in [0.4, 0.5) is 5.13 Å². The van der Waals surface area contributed by atoms with Gasteiger partial charge in [-0.3, -0.25) is 14.9 Å². The molecule has 3 aromatic rings. The van der Waals surface area contributed by atoms with E-state index in [1.807, 2.05) is 0 Å². The van der Waals surface area contributed by atoms with Crippen LogP contribution in [0.3, 0.4) is 0 Å². The van der Waals surface area contributed by atoms with E-state index in [-0.39, 0.29) is 22.2 Å². The molecule has 0 aliphatic carbocycles. The molecule has 0 aromatic carbocycles. The predicted octanol–water partition coefficient (Wildman–Crippen LogP) is 3.53. The third kappa shape index (κ3) is 4.93. The molecule has 170 valence electrons. The van der Waals surface area contributed by atoms with Crippen molar-refractivity contribution in [1.29, 1.82) is 0 Å². The van der Waals surface area contributed by atoms with E-state index >= 15 is 0 Å². The molecule has 32 heavy (non-hydrogen) atoms. The van der Waals surface area contributed by atoms with Crippen molar-refractivity contribution in [3.63, 3.8) is 0 Å². The maximum absolute atomic E-state index is 13.0. The Morgan fingerprint density at radius 3 is 2.69 bits per heavy atom. The van der Waals surface area contributed by atoms with E-state index in [0.29, 0.717) is 35.4 Å². The van der Waals surface area contributed by atoms with E-state index < -0.39 is 15.9 Å². The molecule has 2 N–H and O–H groups in total. The fraction of sp³-hybridized carbons (Fsp3) is 0.350. The highest BCUT2D eigenvalue weighted by Gasteiger charge is 2.31. The second-order valence-electron chi connectivity index (χ2n) is 7.25. The molecule has 4 rings (SSSR count).